The lowest BCUT2D eigenvalue weighted by Crippen LogP contribution is -1.85. The number of fused-ring (bicyclic) bond motifs is 1. The average Bonchev–Trinajstić information content (AvgIpc) is 2.53. The van der Waals surface area contributed by atoms with Crippen molar-refractivity contribution < 1.29 is 14.3 Å². The second-order valence-corrected chi connectivity index (χ2v) is 3.13. The standard InChI is InChI=1S/C11H9NO3/c1-7-12-9-6-8(3-5-11(13)14)2-4-10(9)15-7/h2-6H,1H3,(H,13,14)/b5-3+. The molecule has 2 aromatic rings. The van der Waals surface area contributed by atoms with Crippen molar-refractivity contribution in [3.05, 3.63) is 35.7 Å². The molecule has 2 rings (SSSR count). The average molecular weight is 203 g/mol. The first kappa shape index (κ1) is 9.45. The van der Waals surface area contributed by atoms with Gasteiger partial charge in [-0.15, -0.1) is 0 Å². The fourth-order valence-electron chi connectivity index (χ4n) is 1.33. The summed E-state index contributed by atoms with van der Waals surface area (Å²) in [5, 5.41) is 8.47. The van der Waals surface area contributed by atoms with Crippen LogP contribution in [-0.4, -0.2) is 16.1 Å². The summed E-state index contributed by atoms with van der Waals surface area (Å²) in [5.41, 5.74) is 2.23. The fourth-order valence-corrected chi connectivity index (χ4v) is 1.33. The molecule has 15 heavy (non-hydrogen) atoms. The molecular formula is C11H9NO3. The highest BCUT2D eigenvalue weighted by Crippen LogP contribution is 2.17. The van der Waals surface area contributed by atoms with Crippen LogP contribution in [0.25, 0.3) is 17.2 Å². The molecule has 0 bridgehead atoms. The molecule has 0 radical (unpaired) electrons. The van der Waals surface area contributed by atoms with E-state index in [0.29, 0.717) is 11.5 Å². The molecule has 0 saturated heterocycles. The van der Waals surface area contributed by atoms with E-state index in [-0.39, 0.29) is 0 Å². The summed E-state index contributed by atoms with van der Waals surface area (Å²) in [6, 6.07) is 5.34. The number of hydrogen-bond acceptors (Lipinski definition) is 3. The first-order valence-electron chi connectivity index (χ1n) is 4.43. The van der Waals surface area contributed by atoms with Crippen LogP contribution in [0.15, 0.2) is 28.7 Å². The maximum atomic E-state index is 10.3. The van der Waals surface area contributed by atoms with E-state index in [4.69, 9.17) is 9.52 Å². The Hall–Kier alpha value is -2.10. The molecular weight excluding hydrogens is 194 g/mol. The highest BCUT2D eigenvalue weighted by Gasteiger charge is 2.01. The first-order valence-corrected chi connectivity index (χ1v) is 4.43. The molecule has 1 N–H and O–H groups in total. The zero-order chi connectivity index (χ0) is 10.8. The van der Waals surface area contributed by atoms with Crippen LogP contribution in [0.2, 0.25) is 0 Å². The maximum Gasteiger partial charge on any atom is 0.328 e. The number of nitrogens with zero attached hydrogens (tertiary/aromatic N) is 1. The number of carboxylic acids is 1. The molecule has 0 fully saturated rings. The summed E-state index contributed by atoms with van der Waals surface area (Å²) in [5.74, 6) is -0.365. The Kier molecular flexibility index (Phi) is 2.25. The predicted octanol–water partition coefficient (Wildman–Crippen LogP) is 2.23. The molecule has 0 aliphatic heterocycles. The van der Waals surface area contributed by atoms with Crippen LogP contribution in [0.3, 0.4) is 0 Å². The third kappa shape index (κ3) is 2.04. The number of aromatic nitrogens is 1. The third-order valence-corrected chi connectivity index (χ3v) is 1.94. The summed E-state index contributed by atoms with van der Waals surface area (Å²) in [4.78, 5) is 14.5. The van der Waals surface area contributed by atoms with Crippen molar-refractivity contribution >= 4 is 23.1 Å². The predicted molar refractivity (Wildman–Crippen MR) is 55.4 cm³/mol. The molecule has 0 saturated carbocycles. The van der Waals surface area contributed by atoms with Crippen molar-refractivity contribution in [2.75, 3.05) is 0 Å². The lowest BCUT2D eigenvalue weighted by Gasteiger charge is -1.90. The van der Waals surface area contributed by atoms with Gasteiger partial charge in [0.2, 0.25) is 0 Å². The minimum atomic E-state index is -0.966. The van der Waals surface area contributed by atoms with Crippen molar-refractivity contribution in [3.63, 3.8) is 0 Å². The molecule has 0 aliphatic rings. The molecule has 1 aromatic carbocycles. The molecule has 1 aromatic heterocycles. The van der Waals surface area contributed by atoms with E-state index in [1.54, 1.807) is 25.1 Å². The Morgan fingerprint density at radius 2 is 2.33 bits per heavy atom. The zero-order valence-electron chi connectivity index (χ0n) is 8.10. The molecule has 0 aliphatic carbocycles. The van der Waals surface area contributed by atoms with Gasteiger partial charge in [-0.3, -0.25) is 0 Å². The highest BCUT2D eigenvalue weighted by molar-refractivity contribution is 5.86. The molecule has 76 valence electrons. The SMILES string of the molecule is Cc1nc2cc(/C=C/C(=O)O)ccc2o1. The van der Waals surface area contributed by atoms with Crippen LogP contribution in [-0.2, 0) is 4.79 Å². The van der Waals surface area contributed by atoms with Crippen LogP contribution in [0, 0.1) is 6.92 Å². The number of hydrogen-bond donors (Lipinski definition) is 1. The van der Waals surface area contributed by atoms with Gasteiger partial charge in [0.15, 0.2) is 11.5 Å². The monoisotopic (exact) mass is 203 g/mol. The van der Waals surface area contributed by atoms with E-state index >= 15 is 0 Å². The van der Waals surface area contributed by atoms with Gasteiger partial charge in [0.25, 0.3) is 0 Å². The maximum absolute atomic E-state index is 10.3. The van der Waals surface area contributed by atoms with Crippen molar-refractivity contribution in [3.8, 4) is 0 Å². The van der Waals surface area contributed by atoms with Gasteiger partial charge >= 0.3 is 5.97 Å². The van der Waals surface area contributed by atoms with Gasteiger partial charge in [-0.05, 0) is 23.8 Å². The number of oxazole rings is 1. The smallest absolute Gasteiger partial charge is 0.328 e. The Morgan fingerprint density at radius 3 is 3.07 bits per heavy atom. The number of carboxylic acid groups (broad SMARTS) is 1. The van der Waals surface area contributed by atoms with Crippen LogP contribution < -0.4 is 0 Å². The Bertz CT molecular complexity index is 540. The van der Waals surface area contributed by atoms with Gasteiger partial charge in [-0.2, -0.15) is 0 Å². The van der Waals surface area contributed by atoms with Crippen molar-refractivity contribution in [1.82, 2.24) is 4.98 Å². The lowest BCUT2D eigenvalue weighted by atomic mass is 10.2. The summed E-state index contributed by atoms with van der Waals surface area (Å²) in [6.07, 6.45) is 2.61. The van der Waals surface area contributed by atoms with E-state index in [1.807, 2.05) is 0 Å². The Morgan fingerprint density at radius 1 is 1.53 bits per heavy atom. The van der Waals surface area contributed by atoms with E-state index in [1.165, 1.54) is 6.08 Å². The largest absolute Gasteiger partial charge is 0.478 e. The molecule has 4 heteroatoms. The molecule has 0 amide bonds. The van der Waals surface area contributed by atoms with Crippen molar-refractivity contribution in [1.29, 1.82) is 0 Å². The second-order valence-electron chi connectivity index (χ2n) is 3.13. The number of benzene rings is 1. The minimum absolute atomic E-state index is 0.601. The van der Waals surface area contributed by atoms with Crippen LogP contribution in [0.4, 0.5) is 0 Å². The summed E-state index contributed by atoms with van der Waals surface area (Å²) < 4.78 is 5.30. The number of carbonyl (C=O) groups is 1. The van der Waals surface area contributed by atoms with E-state index in [0.717, 1.165) is 17.2 Å². The van der Waals surface area contributed by atoms with Gasteiger partial charge < -0.3 is 9.52 Å². The van der Waals surface area contributed by atoms with E-state index in [2.05, 4.69) is 4.98 Å². The molecule has 0 atom stereocenters. The Labute approximate surface area is 85.9 Å². The minimum Gasteiger partial charge on any atom is -0.478 e. The summed E-state index contributed by atoms with van der Waals surface area (Å²) in [7, 11) is 0. The normalized spacial score (nSPS) is 11.3. The van der Waals surface area contributed by atoms with E-state index < -0.39 is 5.97 Å². The molecule has 0 unspecified atom stereocenters. The zero-order valence-corrected chi connectivity index (χ0v) is 8.10. The number of aryl methyl sites for hydroxylation is 1. The van der Waals surface area contributed by atoms with Gasteiger partial charge in [0, 0.05) is 13.0 Å². The van der Waals surface area contributed by atoms with Gasteiger partial charge in [0.05, 0.1) is 0 Å². The first-order chi connectivity index (χ1) is 7.15. The lowest BCUT2D eigenvalue weighted by molar-refractivity contribution is -0.131. The topological polar surface area (TPSA) is 63.3 Å². The van der Waals surface area contributed by atoms with Crippen LogP contribution >= 0.6 is 0 Å². The van der Waals surface area contributed by atoms with Crippen LogP contribution in [0.5, 0.6) is 0 Å². The van der Waals surface area contributed by atoms with Crippen molar-refractivity contribution in [2.24, 2.45) is 0 Å². The number of aliphatic carboxylic acids is 1. The second kappa shape index (κ2) is 3.57. The van der Waals surface area contributed by atoms with Crippen molar-refractivity contribution in [2.45, 2.75) is 6.92 Å². The Balaban J connectivity index is 2.42. The number of rotatable bonds is 2. The van der Waals surface area contributed by atoms with Crippen LogP contribution in [0.1, 0.15) is 11.5 Å². The van der Waals surface area contributed by atoms with Gasteiger partial charge in [-0.25, -0.2) is 9.78 Å². The highest BCUT2D eigenvalue weighted by atomic mass is 16.4. The quantitative estimate of drug-likeness (QED) is 0.760. The molecule has 0 spiro atoms. The van der Waals surface area contributed by atoms with E-state index in [9.17, 15) is 4.79 Å². The molecule has 4 nitrogen and oxygen atoms in total. The fraction of sp³-hybridized carbons (Fsp3) is 0.0909. The van der Waals surface area contributed by atoms with Gasteiger partial charge in [-0.1, -0.05) is 6.07 Å². The van der Waals surface area contributed by atoms with Gasteiger partial charge in [0.1, 0.15) is 5.52 Å². The molecule has 1 heterocycles. The summed E-state index contributed by atoms with van der Waals surface area (Å²) in [6.45, 7) is 1.77. The third-order valence-electron chi connectivity index (χ3n) is 1.94. The summed E-state index contributed by atoms with van der Waals surface area (Å²) >= 11 is 0.